The zero-order valence-electron chi connectivity index (χ0n) is 33.8. The number of aromatic nitrogens is 6. The first kappa shape index (κ1) is 38.9. The van der Waals surface area contributed by atoms with Crippen molar-refractivity contribution >= 4 is 10.9 Å². The molecule has 9 rings (SSSR count). The number of nitrogens with zero attached hydrogens (tertiary/aromatic N) is 7. The molecule has 1 saturated heterocycles. The second kappa shape index (κ2) is 16.9. The number of unbranched alkanes of at least 4 members (excludes halogenated alkanes) is 1. The number of aryl methyl sites for hydroxylation is 1. The first-order chi connectivity index (χ1) is 29.5. The zero-order chi connectivity index (χ0) is 41.1. The molecule has 1 fully saturated rings. The molecule has 0 unspecified atom stereocenters. The summed E-state index contributed by atoms with van der Waals surface area (Å²) in [6, 6.07) is 53.7. The molecule has 0 aliphatic carbocycles. The van der Waals surface area contributed by atoms with Crippen molar-refractivity contribution in [3.05, 3.63) is 202 Å². The van der Waals surface area contributed by atoms with E-state index in [4.69, 9.17) is 20.1 Å². The highest BCUT2D eigenvalue weighted by molar-refractivity contribution is 5.81. The van der Waals surface area contributed by atoms with Gasteiger partial charge in [-0.15, -0.1) is 5.10 Å². The standard InChI is InChI=1S/C50H47N7O3/c1-3-4-24-47-51-45-30-29-37(46-32-41(34-58)60-55(46)2)31-44(45)49(59)56(47)33-35-25-27-36(28-26-35)42-22-14-15-23-43(42)48-52-53-54-57(48)50(38-16-8-5-9-17-38,39-18-10-6-11-19-39)40-20-12-7-13-21-40/h5-23,25-31,41,46,58H,3-4,24,32-34H2,1-2H3/t41-,46+/m1/s1. The van der Waals surface area contributed by atoms with Gasteiger partial charge in [-0.3, -0.25) is 14.2 Å². The molecule has 8 aromatic rings. The average Bonchev–Trinajstić information content (AvgIpc) is 3.95. The van der Waals surface area contributed by atoms with Crippen LogP contribution in [0.5, 0.6) is 0 Å². The Bertz CT molecular complexity index is 2680. The smallest absolute Gasteiger partial charge is 0.261 e. The molecule has 0 radical (unpaired) electrons. The first-order valence-electron chi connectivity index (χ1n) is 20.7. The minimum atomic E-state index is -0.889. The molecule has 6 aromatic carbocycles. The van der Waals surface area contributed by atoms with Gasteiger partial charge in [0.2, 0.25) is 0 Å². The van der Waals surface area contributed by atoms with Crippen LogP contribution in [0.2, 0.25) is 0 Å². The van der Waals surface area contributed by atoms with Crippen LogP contribution < -0.4 is 5.56 Å². The number of hydrogen-bond acceptors (Lipinski definition) is 8. The molecule has 300 valence electrons. The molecule has 0 amide bonds. The van der Waals surface area contributed by atoms with Gasteiger partial charge in [0.15, 0.2) is 5.82 Å². The maximum Gasteiger partial charge on any atom is 0.261 e. The lowest BCUT2D eigenvalue weighted by Crippen LogP contribution is -2.39. The van der Waals surface area contributed by atoms with Gasteiger partial charge in [0.25, 0.3) is 5.56 Å². The van der Waals surface area contributed by atoms with Crippen molar-refractivity contribution in [3.8, 4) is 22.5 Å². The van der Waals surface area contributed by atoms with Crippen molar-refractivity contribution in [1.82, 2.24) is 34.8 Å². The number of fused-ring (bicyclic) bond motifs is 1. The average molecular weight is 794 g/mol. The Kier molecular flexibility index (Phi) is 11.0. The third kappa shape index (κ3) is 7.12. The van der Waals surface area contributed by atoms with E-state index in [1.165, 1.54) is 0 Å². The van der Waals surface area contributed by atoms with Crippen molar-refractivity contribution in [2.24, 2.45) is 0 Å². The quantitative estimate of drug-likeness (QED) is 0.116. The molecule has 0 saturated carbocycles. The monoisotopic (exact) mass is 793 g/mol. The highest BCUT2D eigenvalue weighted by atomic mass is 16.7. The first-order valence-corrected chi connectivity index (χ1v) is 20.7. The molecule has 1 N–H and O–H groups in total. The van der Waals surface area contributed by atoms with Gasteiger partial charge in [0.05, 0.1) is 30.1 Å². The molecule has 2 aromatic heterocycles. The molecule has 10 nitrogen and oxygen atoms in total. The summed E-state index contributed by atoms with van der Waals surface area (Å²) < 4.78 is 3.80. The van der Waals surface area contributed by atoms with Gasteiger partial charge in [-0.1, -0.05) is 159 Å². The van der Waals surface area contributed by atoms with Crippen molar-refractivity contribution in [2.45, 2.75) is 56.8 Å². The number of benzene rings is 6. The van der Waals surface area contributed by atoms with E-state index in [2.05, 4.69) is 121 Å². The number of aliphatic hydroxyl groups is 1. The summed E-state index contributed by atoms with van der Waals surface area (Å²) in [5.41, 5.74) is 7.65. The molecule has 1 aliphatic rings. The minimum Gasteiger partial charge on any atom is -0.394 e. The molecule has 0 spiro atoms. The van der Waals surface area contributed by atoms with Crippen LogP contribution >= 0.6 is 0 Å². The Hall–Kier alpha value is -6.59. The van der Waals surface area contributed by atoms with E-state index in [0.717, 1.165) is 63.2 Å². The summed E-state index contributed by atoms with van der Waals surface area (Å²) in [5.74, 6) is 1.41. The third-order valence-corrected chi connectivity index (χ3v) is 11.8. The largest absolute Gasteiger partial charge is 0.394 e. The molecule has 0 bridgehead atoms. The van der Waals surface area contributed by atoms with Crippen molar-refractivity contribution in [1.29, 1.82) is 0 Å². The normalized spacial score (nSPS) is 15.8. The third-order valence-electron chi connectivity index (χ3n) is 11.8. The van der Waals surface area contributed by atoms with Crippen LogP contribution in [0.15, 0.2) is 163 Å². The molecule has 2 atom stereocenters. The fraction of sp³-hybridized carbons (Fsp3) is 0.220. The Labute approximate surface area is 349 Å². The van der Waals surface area contributed by atoms with Gasteiger partial charge < -0.3 is 5.11 Å². The van der Waals surface area contributed by atoms with E-state index in [0.29, 0.717) is 36.1 Å². The molecule has 1 aliphatic heterocycles. The van der Waals surface area contributed by atoms with Crippen molar-refractivity contribution in [2.75, 3.05) is 13.7 Å². The lowest BCUT2D eigenvalue weighted by Gasteiger charge is -2.36. The lowest BCUT2D eigenvalue weighted by molar-refractivity contribution is -0.153. The van der Waals surface area contributed by atoms with E-state index < -0.39 is 5.54 Å². The number of hydroxylamine groups is 2. The SMILES string of the molecule is CCCCc1nc2ccc([C@@H]3C[C@H](CO)ON3C)cc2c(=O)n1Cc1ccc(-c2ccccc2-c2nnnn2C(c2ccccc2)(c2ccccc2)c2ccccc2)cc1. The summed E-state index contributed by atoms with van der Waals surface area (Å²) >= 11 is 0. The van der Waals surface area contributed by atoms with Gasteiger partial charge in [-0.05, 0) is 74.3 Å². The van der Waals surface area contributed by atoms with Crippen LogP contribution in [0.25, 0.3) is 33.4 Å². The predicted molar refractivity (Wildman–Crippen MR) is 234 cm³/mol. The van der Waals surface area contributed by atoms with E-state index in [-0.39, 0.29) is 24.3 Å². The summed E-state index contributed by atoms with van der Waals surface area (Å²) in [7, 11) is 1.87. The van der Waals surface area contributed by atoms with Crippen LogP contribution in [0.4, 0.5) is 0 Å². The van der Waals surface area contributed by atoms with Crippen molar-refractivity contribution < 1.29 is 9.94 Å². The van der Waals surface area contributed by atoms with E-state index in [1.54, 1.807) is 5.06 Å². The maximum absolute atomic E-state index is 14.4. The number of aliphatic hydroxyl groups excluding tert-OH is 1. The molecular weight excluding hydrogens is 747 g/mol. The topological polar surface area (TPSA) is 111 Å². The van der Waals surface area contributed by atoms with Gasteiger partial charge in [0, 0.05) is 19.0 Å². The summed E-state index contributed by atoms with van der Waals surface area (Å²) in [4.78, 5) is 25.2. The van der Waals surface area contributed by atoms with Gasteiger partial charge in [-0.25, -0.2) is 9.67 Å². The number of rotatable bonds is 13. The molecule has 3 heterocycles. The molecular formula is C50H47N7O3. The highest BCUT2D eigenvalue weighted by Gasteiger charge is 2.42. The van der Waals surface area contributed by atoms with E-state index in [9.17, 15) is 9.90 Å². The Balaban J connectivity index is 1.10. The Morgan fingerprint density at radius 1 is 0.767 bits per heavy atom. The number of hydrogen-bond donors (Lipinski definition) is 1. The Morgan fingerprint density at radius 2 is 1.38 bits per heavy atom. The fourth-order valence-electron chi connectivity index (χ4n) is 8.77. The van der Waals surface area contributed by atoms with Gasteiger partial charge in [0.1, 0.15) is 17.5 Å². The van der Waals surface area contributed by atoms with Crippen LogP contribution in [-0.4, -0.2) is 59.7 Å². The minimum absolute atomic E-state index is 0.0513. The van der Waals surface area contributed by atoms with Crippen LogP contribution in [0, 0.1) is 0 Å². The summed E-state index contributed by atoms with van der Waals surface area (Å²) in [5, 5.41) is 25.9. The van der Waals surface area contributed by atoms with Crippen LogP contribution in [-0.2, 0) is 23.3 Å². The highest BCUT2D eigenvalue weighted by Crippen LogP contribution is 2.43. The Morgan fingerprint density at radius 3 is 1.98 bits per heavy atom. The second-order valence-electron chi connectivity index (χ2n) is 15.5. The fourth-order valence-corrected chi connectivity index (χ4v) is 8.77. The predicted octanol–water partition coefficient (Wildman–Crippen LogP) is 8.62. The van der Waals surface area contributed by atoms with Gasteiger partial charge in [-0.2, -0.15) is 5.06 Å². The van der Waals surface area contributed by atoms with Crippen molar-refractivity contribution in [3.63, 3.8) is 0 Å². The van der Waals surface area contributed by atoms with Crippen LogP contribution in [0.3, 0.4) is 0 Å². The van der Waals surface area contributed by atoms with E-state index >= 15 is 0 Å². The molecule has 10 heteroatoms. The maximum atomic E-state index is 14.4. The van der Waals surface area contributed by atoms with E-state index in [1.807, 2.05) is 64.8 Å². The van der Waals surface area contributed by atoms with Crippen LogP contribution in [0.1, 0.15) is 65.9 Å². The second-order valence-corrected chi connectivity index (χ2v) is 15.5. The molecule has 60 heavy (non-hydrogen) atoms. The summed E-state index contributed by atoms with van der Waals surface area (Å²) in [6.45, 7) is 2.48. The van der Waals surface area contributed by atoms with Gasteiger partial charge >= 0.3 is 0 Å². The zero-order valence-corrected chi connectivity index (χ0v) is 33.8. The number of tetrazole rings is 1. The summed E-state index contributed by atoms with van der Waals surface area (Å²) in [6.07, 6.45) is 3.01. The lowest BCUT2D eigenvalue weighted by atomic mass is 9.77.